The largest absolute Gasteiger partial charge is 0.454 e. The number of aryl methyl sites for hydroxylation is 1. The maximum absolute atomic E-state index is 12.3. The molecule has 0 saturated carbocycles. The Balaban J connectivity index is 1.43. The molecule has 0 atom stereocenters. The Hall–Kier alpha value is -3.95. The molecule has 2 aromatic carbocycles. The summed E-state index contributed by atoms with van der Waals surface area (Å²) in [5.74, 6) is -0.673. The summed E-state index contributed by atoms with van der Waals surface area (Å²) >= 11 is 0. The first-order valence-electron chi connectivity index (χ1n) is 9.21. The lowest BCUT2D eigenvalue weighted by Crippen LogP contribution is -2.22. The molecule has 154 valence electrons. The fourth-order valence-corrected chi connectivity index (χ4v) is 3.07. The van der Waals surface area contributed by atoms with Gasteiger partial charge in [0.25, 0.3) is 5.91 Å². The van der Waals surface area contributed by atoms with Gasteiger partial charge in [0.1, 0.15) is 5.52 Å². The Bertz CT molecular complexity index is 1170. The van der Waals surface area contributed by atoms with E-state index in [9.17, 15) is 14.4 Å². The molecule has 1 aliphatic heterocycles. The average Bonchev–Trinajstić information content (AvgIpc) is 3.36. The molecule has 0 unspecified atom stereocenters. The zero-order chi connectivity index (χ0) is 21.3. The van der Waals surface area contributed by atoms with Crippen molar-refractivity contribution in [3.8, 4) is 11.5 Å². The number of aromatic nitrogens is 3. The van der Waals surface area contributed by atoms with Gasteiger partial charge in [-0.2, -0.15) is 0 Å². The molecule has 30 heavy (non-hydrogen) atoms. The van der Waals surface area contributed by atoms with Crippen LogP contribution in [0.2, 0.25) is 0 Å². The molecule has 0 saturated heterocycles. The van der Waals surface area contributed by atoms with E-state index < -0.39 is 18.5 Å². The number of carbonyl (C=O) groups is 3. The van der Waals surface area contributed by atoms with Crippen LogP contribution in [0.5, 0.6) is 11.5 Å². The summed E-state index contributed by atoms with van der Waals surface area (Å²) in [4.78, 5) is 36.5. The molecule has 4 rings (SSSR count). The molecule has 0 fully saturated rings. The van der Waals surface area contributed by atoms with Gasteiger partial charge in [0, 0.05) is 18.2 Å². The third-order valence-electron chi connectivity index (χ3n) is 4.55. The van der Waals surface area contributed by atoms with Crippen LogP contribution in [0.25, 0.3) is 11.0 Å². The molecule has 3 aromatic rings. The number of anilines is 1. The Labute approximate surface area is 170 Å². The highest BCUT2D eigenvalue weighted by molar-refractivity contribution is 6.05. The normalized spacial score (nSPS) is 12.1. The molecule has 1 N–H and O–H groups in total. The number of amides is 1. The van der Waals surface area contributed by atoms with Crippen LogP contribution < -0.4 is 14.8 Å². The lowest BCUT2D eigenvalue weighted by Gasteiger charge is -2.11. The molecule has 2 heterocycles. The quantitative estimate of drug-likeness (QED) is 0.485. The van der Waals surface area contributed by atoms with E-state index in [1.807, 2.05) is 6.92 Å². The van der Waals surface area contributed by atoms with Crippen LogP contribution >= 0.6 is 0 Å². The molecular formula is C20H18N4O6. The molecule has 10 nitrogen and oxygen atoms in total. The number of hydrogen-bond acceptors (Lipinski definition) is 8. The predicted molar refractivity (Wildman–Crippen MR) is 105 cm³/mol. The fraction of sp³-hybridized carbons (Fsp3) is 0.250. The van der Waals surface area contributed by atoms with Crippen LogP contribution in [-0.2, 0) is 16.1 Å². The molecule has 0 bridgehead atoms. The smallest absolute Gasteiger partial charge is 0.338 e. The van der Waals surface area contributed by atoms with E-state index in [0.717, 1.165) is 5.52 Å². The minimum absolute atomic E-state index is 0.0397. The summed E-state index contributed by atoms with van der Waals surface area (Å²) in [6, 6.07) is 7.88. The number of hydrogen-bond donors (Lipinski definition) is 1. The van der Waals surface area contributed by atoms with Gasteiger partial charge in [-0.25, -0.2) is 9.48 Å². The minimum Gasteiger partial charge on any atom is -0.454 e. The Kier molecular flexibility index (Phi) is 5.05. The second-order valence-corrected chi connectivity index (χ2v) is 6.54. The average molecular weight is 410 g/mol. The summed E-state index contributed by atoms with van der Waals surface area (Å²) < 4.78 is 17.3. The van der Waals surface area contributed by atoms with Gasteiger partial charge in [-0.3, -0.25) is 9.59 Å². The number of Topliss-reactive ketones (excluding diaryl/α,β-unsaturated/α-hetero) is 1. The highest BCUT2D eigenvalue weighted by Gasteiger charge is 2.21. The van der Waals surface area contributed by atoms with Crippen molar-refractivity contribution in [2.24, 2.45) is 0 Å². The highest BCUT2D eigenvalue weighted by atomic mass is 16.7. The maximum atomic E-state index is 12.3. The van der Waals surface area contributed by atoms with Crippen molar-refractivity contribution in [2.75, 3.05) is 18.7 Å². The zero-order valence-corrected chi connectivity index (χ0v) is 16.3. The molecule has 10 heteroatoms. The van der Waals surface area contributed by atoms with Gasteiger partial charge in [0.15, 0.2) is 23.9 Å². The van der Waals surface area contributed by atoms with Crippen molar-refractivity contribution >= 4 is 34.4 Å². The van der Waals surface area contributed by atoms with Crippen LogP contribution in [0.3, 0.4) is 0 Å². The predicted octanol–water partition coefficient (Wildman–Crippen LogP) is 2.18. The van der Waals surface area contributed by atoms with Crippen molar-refractivity contribution in [1.82, 2.24) is 15.0 Å². The first-order valence-corrected chi connectivity index (χ1v) is 9.21. The van der Waals surface area contributed by atoms with Gasteiger partial charge in [0.05, 0.1) is 16.8 Å². The van der Waals surface area contributed by atoms with Crippen molar-refractivity contribution in [3.63, 3.8) is 0 Å². The fourth-order valence-electron chi connectivity index (χ4n) is 3.07. The number of ether oxygens (including phenoxy) is 3. The first-order chi connectivity index (χ1) is 14.5. The topological polar surface area (TPSA) is 122 Å². The number of benzene rings is 2. The third-order valence-corrected chi connectivity index (χ3v) is 4.55. The number of rotatable bonds is 6. The van der Waals surface area contributed by atoms with Gasteiger partial charge >= 0.3 is 5.97 Å². The van der Waals surface area contributed by atoms with E-state index in [4.69, 9.17) is 14.2 Å². The number of ketones is 1. The second kappa shape index (κ2) is 7.82. The van der Waals surface area contributed by atoms with E-state index in [2.05, 4.69) is 15.6 Å². The monoisotopic (exact) mass is 410 g/mol. The molecular weight excluding hydrogens is 392 g/mol. The van der Waals surface area contributed by atoms with Gasteiger partial charge in [0.2, 0.25) is 6.79 Å². The summed E-state index contributed by atoms with van der Waals surface area (Å²) in [5, 5.41) is 10.6. The lowest BCUT2D eigenvalue weighted by molar-refractivity contribution is -0.119. The first kappa shape index (κ1) is 19.4. The van der Waals surface area contributed by atoms with Crippen molar-refractivity contribution in [2.45, 2.75) is 20.4 Å². The molecule has 0 radical (unpaired) electrons. The summed E-state index contributed by atoms with van der Waals surface area (Å²) in [7, 11) is 0. The van der Waals surface area contributed by atoms with Gasteiger partial charge in [-0.15, -0.1) is 5.10 Å². The summed E-state index contributed by atoms with van der Waals surface area (Å²) in [6.07, 6.45) is 0. The van der Waals surface area contributed by atoms with Gasteiger partial charge in [-0.05, 0) is 38.1 Å². The van der Waals surface area contributed by atoms with E-state index >= 15 is 0 Å². The van der Waals surface area contributed by atoms with Crippen LogP contribution in [0, 0.1) is 0 Å². The standard InChI is InChI=1S/C20H18N4O6/c1-3-24-16-5-4-12(6-15(16)22-23-24)20(27)28-9-19(26)21-14-8-18-17(29-10-30-18)7-13(14)11(2)25/h4-8H,3,9-10H2,1-2H3,(H,21,26). The molecule has 0 spiro atoms. The lowest BCUT2D eigenvalue weighted by atomic mass is 10.1. The summed E-state index contributed by atoms with van der Waals surface area (Å²) in [6.45, 7) is 3.48. The Morgan fingerprint density at radius 2 is 1.93 bits per heavy atom. The van der Waals surface area contributed by atoms with Gasteiger partial charge in [-0.1, -0.05) is 5.21 Å². The summed E-state index contributed by atoms with van der Waals surface area (Å²) in [5.41, 5.74) is 2.13. The van der Waals surface area contributed by atoms with E-state index in [0.29, 0.717) is 23.6 Å². The van der Waals surface area contributed by atoms with Crippen LogP contribution in [0.1, 0.15) is 34.6 Å². The van der Waals surface area contributed by atoms with E-state index in [1.54, 1.807) is 22.9 Å². The molecule has 0 aliphatic carbocycles. The van der Waals surface area contributed by atoms with Crippen LogP contribution in [-0.4, -0.2) is 46.1 Å². The maximum Gasteiger partial charge on any atom is 0.338 e. The minimum atomic E-state index is -0.671. The molecule has 1 aliphatic rings. The second-order valence-electron chi connectivity index (χ2n) is 6.54. The van der Waals surface area contributed by atoms with E-state index in [1.165, 1.54) is 19.1 Å². The number of carbonyl (C=O) groups excluding carboxylic acids is 3. The van der Waals surface area contributed by atoms with Crippen LogP contribution in [0.15, 0.2) is 30.3 Å². The van der Waals surface area contributed by atoms with Crippen molar-refractivity contribution in [3.05, 3.63) is 41.5 Å². The number of esters is 1. The highest BCUT2D eigenvalue weighted by Crippen LogP contribution is 2.37. The van der Waals surface area contributed by atoms with Crippen molar-refractivity contribution < 1.29 is 28.6 Å². The Morgan fingerprint density at radius 1 is 1.17 bits per heavy atom. The van der Waals surface area contributed by atoms with Crippen LogP contribution in [0.4, 0.5) is 5.69 Å². The number of fused-ring (bicyclic) bond motifs is 2. The molecule has 1 amide bonds. The number of nitrogens with one attached hydrogen (secondary N) is 1. The SMILES string of the molecule is CCn1nnc2cc(C(=O)OCC(=O)Nc3cc4c(cc3C(C)=O)OCO4)ccc21. The number of nitrogens with zero attached hydrogens (tertiary/aromatic N) is 3. The third kappa shape index (κ3) is 3.66. The van der Waals surface area contributed by atoms with E-state index in [-0.39, 0.29) is 29.4 Å². The molecule has 1 aromatic heterocycles. The van der Waals surface area contributed by atoms with Crippen molar-refractivity contribution in [1.29, 1.82) is 0 Å². The zero-order valence-electron chi connectivity index (χ0n) is 16.3. The van der Waals surface area contributed by atoms with Gasteiger partial charge < -0.3 is 19.5 Å². The Morgan fingerprint density at radius 3 is 2.67 bits per heavy atom.